The van der Waals surface area contributed by atoms with E-state index in [1.165, 1.54) is 86.9 Å². The molecule has 50 heavy (non-hydrogen) atoms. The summed E-state index contributed by atoms with van der Waals surface area (Å²) in [5.41, 5.74) is 9.04. The molecule has 230 valence electrons. The number of hydrogen-bond acceptors (Lipinski definition) is 1. The van der Waals surface area contributed by atoms with Gasteiger partial charge in [0.25, 0.3) is 0 Å². The molecule has 0 bridgehead atoms. The highest BCUT2D eigenvalue weighted by Crippen LogP contribution is 2.42. The van der Waals surface area contributed by atoms with Crippen LogP contribution in [-0.4, -0.2) is 4.98 Å². The number of nitrogens with zero attached hydrogens (tertiary/aromatic N) is 1. The smallest absolute Gasteiger partial charge is 0.0709 e. The third kappa shape index (κ3) is 4.04. The zero-order valence-corrected chi connectivity index (χ0v) is 27.2. The standard InChI is InChI=1S/C49H29N/c1-6-30-16-18-34-20-24-40(42-26-22-32(8-1)46(30)48(34)42)36-10-3-12-38(28-36)44-14-5-15-45(50-44)39-13-4-11-37(29-39)41-25-21-35-19-17-31-7-2-9-33-23-27-43(41)49(35)47(31)33/h1-29H. The van der Waals surface area contributed by atoms with E-state index < -0.39 is 0 Å². The Morgan fingerprint density at radius 1 is 0.260 bits per heavy atom. The molecule has 0 saturated carbocycles. The third-order valence-electron chi connectivity index (χ3n) is 10.7. The fourth-order valence-corrected chi connectivity index (χ4v) is 8.42. The lowest BCUT2D eigenvalue weighted by Gasteiger charge is -2.15. The highest BCUT2D eigenvalue weighted by atomic mass is 14.7. The molecule has 0 spiro atoms. The minimum atomic E-state index is 0.968. The molecule has 0 aliphatic heterocycles. The Kier molecular flexibility index (Phi) is 5.73. The van der Waals surface area contributed by atoms with Crippen molar-refractivity contribution in [3.63, 3.8) is 0 Å². The van der Waals surface area contributed by atoms with Gasteiger partial charge in [-0.2, -0.15) is 0 Å². The average molecular weight is 632 g/mol. The van der Waals surface area contributed by atoms with Crippen molar-refractivity contribution in [3.8, 4) is 44.8 Å². The second kappa shape index (κ2) is 10.5. The number of benzene rings is 10. The molecule has 1 nitrogen and oxygen atoms in total. The van der Waals surface area contributed by atoms with Gasteiger partial charge in [0.15, 0.2) is 0 Å². The summed E-state index contributed by atoms with van der Waals surface area (Å²) >= 11 is 0. The van der Waals surface area contributed by atoms with E-state index in [9.17, 15) is 0 Å². The second-order valence-electron chi connectivity index (χ2n) is 13.5. The van der Waals surface area contributed by atoms with E-state index >= 15 is 0 Å². The van der Waals surface area contributed by atoms with Crippen LogP contribution in [-0.2, 0) is 0 Å². The van der Waals surface area contributed by atoms with Crippen LogP contribution in [0.5, 0.6) is 0 Å². The Morgan fingerprint density at radius 3 is 1.06 bits per heavy atom. The van der Waals surface area contributed by atoms with E-state index in [-0.39, 0.29) is 0 Å². The first-order valence-corrected chi connectivity index (χ1v) is 17.3. The number of pyridine rings is 1. The van der Waals surface area contributed by atoms with Crippen LogP contribution in [0.4, 0.5) is 0 Å². The Morgan fingerprint density at radius 2 is 0.600 bits per heavy atom. The molecule has 0 atom stereocenters. The summed E-state index contributed by atoms with van der Waals surface area (Å²) < 4.78 is 0. The van der Waals surface area contributed by atoms with Crippen molar-refractivity contribution in [2.75, 3.05) is 0 Å². The van der Waals surface area contributed by atoms with Gasteiger partial charge >= 0.3 is 0 Å². The first kappa shape index (κ1) is 27.4. The molecule has 11 rings (SSSR count). The summed E-state index contributed by atoms with van der Waals surface area (Å²) in [4.78, 5) is 5.24. The highest BCUT2D eigenvalue weighted by Gasteiger charge is 2.15. The molecule has 11 aromatic rings. The van der Waals surface area contributed by atoms with Gasteiger partial charge in [0.2, 0.25) is 0 Å². The molecule has 10 aromatic carbocycles. The third-order valence-corrected chi connectivity index (χ3v) is 10.7. The van der Waals surface area contributed by atoms with Crippen LogP contribution in [0, 0.1) is 0 Å². The largest absolute Gasteiger partial charge is 0.248 e. The van der Waals surface area contributed by atoms with Crippen molar-refractivity contribution in [1.29, 1.82) is 0 Å². The molecule has 0 unspecified atom stereocenters. The van der Waals surface area contributed by atoms with E-state index in [1.54, 1.807) is 0 Å². The quantitative estimate of drug-likeness (QED) is 0.176. The topological polar surface area (TPSA) is 12.9 Å². The fraction of sp³-hybridized carbons (Fsp3) is 0. The van der Waals surface area contributed by atoms with Gasteiger partial charge in [0, 0.05) is 11.1 Å². The summed E-state index contributed by atoms with van der Waals surface area (Å²) in [7, 11) is 0. The van der Waals surface area contributed by atoms with Gasteiger partial charge in [-0.15, -0.1) is 0 Å². The van der Waals surface area contributed by atoms with Crippen molar-refractivity contribution < 1.29 is 0 Å². The Balaban J connectivity index is 1.000. The van der Waals surface area contributed by atoms with Crippen LogP contribution < -0.4 is 0 Å². The van der Waals surface area contributed by atoms with Gasteiger partial charge in [0.05, 0.1) is 11.4 Å². The molecule has 0 amide bonds. The Hall–Kier alpha value is -6.57. The predicted molar refractivity (Wildman–Crippen MR) is 213 cm³/mol. The van der Waals surface area contributed by atoms with Gasteiger partial charge in [0.1, 0.15) is 0 Å². The molecule has 0 fully saturated rings. The number of hydrogen-bond donors (Lipinski definition) is 0. The van der Waals surface area contributed by atoms with E-state index in [1.807, 2.05) is 0 Å². The molecule has 1 aromatic heterocycles. The van der Waals surface area contributed by atoms with Gasteiger partial charge in [-0.3, -0.25) is 0 Å². The number of aromatic nitrogens is 1. The molecule has 0 aliphatic carbocycles. The number of rotatable bonds is 4. The molecule has 0 radical (unpaired) electrons. The van der Waals surface area contributed by atoms with Crippen molar-refractivity contribution in [3.05, 3.63) is 176 Å². The van der Waals surface area contributed by atoms with Gasteiger partial charge < -0.3 is 0 Å². The molecule has 0 saturated heterocycles. The summed E-state index contributed by atoms with van der Waals surface area (Å²) in [6.07, 6.45) is 0. The average Bonchev–Trinajstić information content (AvgIpc) is 3.19. The van der Waals surface area contributed by atoms with Crippen molar-refractivity contribution in [1.82, 2.24) is 4.98 Å². The van der Waals surface area contributed by atoms with Crippen LogP contribution in [0.25, 0.3) is 109 Å². The van der Waals surface area contributed by atoms with E-state index in [4.69, 9.17) is 4.98 Å². The van der Waals surface area contributed by atoms with Crippen LogP contribution in [0.15, 0.2) is 176 Å². The maximum Gasteiger partial charge on any atom is 0.0709 e. The Bertz CT molecular complexity index is 2860. The monoisotopic (exact) mass is 631 g/mol. The minimum absolute atomic E-state index is 0.968. The van der Waals surface area contributed by atoms with Crippen LogP contribution >= 0.6 is 0 Å². The lowest BCUT2D eigenvalue weighted by molar-refractivity contribution is 1.32. The van der Waals surface area contributed by atoms with E-state index in [2.05, 4.69) is 176 Å². The SMILES string of the molecule is c1cc(-c2cccc(-c3cccc(-c4ccc5ccc6cccc7ccc4c5c67)c3)n2)cc(-c2ccc3ccc4cccc5ccc2c3c45)c1. The lowest BCUT2D eigenvalue weighted by Crippen LogP contribution is -1.91. The molecular formula is C49H29N. The molecule has 0 aliphatic rings. The van der Waals surface area contributed by atoms with Crippen molar-refractivity contribution in [2.24, 2.45) is 0 Å². The van der Waals surface area contributed by atoms with Crippen LogP contribution in [0.2, 0.25) is 0 Å². The zero-order chi connectivity index (χ0) is 32.8. The van der Waals surface area contributed by atoms with Crippen LogP contribution in [0.1, 0.15) is 0 Å². The van der Waals surface area contributed by atoms with E-state index in [0.29, 0.717) is 0 Å². The van der Waals surface area contributed by atoms with E-state index in [0.717, 1.165) is 22.5 Å². The Labute approximate surface area is 289 Å². The van der Waals surface area contributed by atoms with Crippen molar-refractivity contribution >= 4 is 64.6 Å². The zero-order valence-electron chi connectivity index (χ0n) is 27.2. The van der Waals surface area contributed by atoms with Gasteiger partial charge in [-0.25, -0.2) is 4.98 Å². The summed E-state index contributed by atoms with van der Waals surface area (Å²) in [6, 6.07) is 64.4. The predicted octanol–water partition coefficient (Wildman–Crippen LogP) is 13.5. The second-order valence-corrected chi connectivity index (χ2v) is 13.5. The van der Waals surface area contributed by atoms with Crippen LogP contribution in [0.3, 0.4) is 0 Å². The molecule has 1 heteroatoms. The maximum absolute atomic E-state index is 5.24. The molecule has 0 N–H and O–H groups in total. The summed E-state index contributed by atoms with van der Waals surface area (Å²) in [5, 5.41) is 15.7. The lowest BCUT2D eigenvalue weighted by atomic mass is 9.89. The maximum atomic E-state index is 5.24. The minimum Gasteiger partial charge on any atom is -0.248 e. The van der Waals surface area contributed by atoms with Gasteiger partial charge in [-0.1, -0.05) is 152 Å². The normalized spacial score (nSPS) is 12.0. The fourth-order valence-electron chi connectivity index (χ4n) is 8.42. The first-order valence-electron chi connectivity index (χ1n) is 17.3. The highest BCUT2D eigenvalue weighted by molar-refractivity contribution is 6.26. The van der Waals surface area contributed by atoms with Gasteiger partial charge in [-0.05, 0) is 111 Å². The molecule has 1 heterocycles. The van der Waals surface area contributed by atoms with Crippen molar-refractivity contribution in [2.45, 2.75) is 0 Å². The summed E-state index contributed by atoms with van der Waals surface area (Å²) in [6.45, 7) is 0. The first-order chi connectivity index (χ1) is 24.8. The summed E-state index contributed by atoms with van der Waals surface area (Å²) in [5.74, 6) is 0. The molecular weight excluding hydrogens is 603 g/mol.